The molecule has 1 amide bonds. The van der Waals surface area contributed by atoms with E-state index in [0.29, 0.717) is 29.9 Å². The topological polar surface area (TPSA) is 141 Å². The molecule has 0 radical (unpaired) electrons. The summed E-state index contributed by atoms with van der Waals surface area (Å²) in [6.07, 6.45) is 3.17. The molecular weight excluding hydrogens is 606 g/mol. The summed E-state index contributed by atoms with van der Waals surface area (Å²) in [6, 6.07) is 26.3. The lowest BCUT2D eigenvalue weighted by molar-refractivity contribution is -0.129. The SMILES string of the molecule is [N-]=[N+]=Nc1ccccc1[C@@H]1OC(c2ccc(OCCCO)cc2)=N[C@]1(C/C=C/c1ccccc1)C(=O)NNCc1cc(F)cc(F)c1. The van der Waals surface area contributed by atoms with Crippen molar-refractivity contribution >= 4 is 23.6 Å². The highest BCUT2D eigenvalue weighted by molar-refractivity contribution is 6.01. The van der Waals surface area contributed by atoms with Crippen molar-refractivity contribution in [3.05, 3.63) is 147 Å². The van der Waals surface area contributed by atoms with Crippen molar-refractivity contribution in [1.29, 1.82) is 0 Å². The molecule has 1 aliphatic heterocycles. The Morgan fingerprint density at radius 1 is 1.04 bits per heavy atom. The van der Waals surface area contributed by atoms with Crippen molar-refractivity contribution in [2.75, 3.05) is 13.2 Å². The summed E-state index contributed by atoms with van der Waals surface area (Å²) in [7, 11) is 0. The van der Waals surface area contributed by atoms with Crippen LogP contribution in [0.4, 0.5) is 14.5 Å². The third-order valence-electron chi connectivity index (χ3n) is 7.36. The number of carbonyl (C=O) groups is 1. The average Bonchev–Trinajstić information content (AvgIpc) is 3.46. The van der Waals surface area contributed by atoms with Crippen LogP contribution >= 0.6 is 0 Å². The summed E-state index contributed by atoms with van der Waals surface area (Å²) in [6.45, 7) is 0.279. The van der Waals surface area contributed by atoms with E-state index in [4.69, 9.17) is 19.6 Å². The van der Waals surface area contributed by atoms with Gasteiger partial charge in [-0.25, -0.2) is 19.2 Å². The Morgan fingerprint density at radius 2 is 1.77 bits per heavy atom. The van der Waals surface area contributed by atoms with Gasteiger partial charge in [0.15, 0.2) is 11.6 Å². The highest BCUT2D eigenvalue weighted by Gasteiger charge is 2.53. The third-order valence-corrected chi connectivity index (χ3v) is 7.36. The van der Waals surface area contributed by atoms with Gasteiger partial charge < -0.3 is 14.6 Å². The van der Waals surface area contributed by atoms with E-state index < -0.39 is 29.2 Å². The van der Waals surface area contributed by atoms with Crippen molar-refractivity contribution in [2.24, 2.45) is 10.1 Å². The monoisotopic (exact) mass is 638 g/mol. The number of azide groups is 1. The fraction of sp³-hybridized carbons (Fsp3) is 0.200. The van der Waals surface area contributed by atoms with Crippen LogP contribution in [0.1, 0.15) is 41.2 Å². The molecule has 0 aliphatic carbocycles. The molecular formula is C35H32F2N6O4. The molecule has 0 bridgehead atoms. The molecule has 0 aromatic heterocycles. The molecule has 0 fully saturated rings. The van der Waals surface area contributed by atoms with E-state index >= 15 is 0 Å². The second-order valence-corrected chi connectivity index (χ2v) is 10.6. The van der Waals surface area contributed by atoms with Gasteiger partial charge in [-0.3, -0.25) is 10.2 Å². The third kappa shape index (κ3) is 8.19. The lowest BCUT2D eigenvalue weighted by Crippen LogP contribution is -2.52. The van der Waals surface area contributed by atoms with E-state index in [-0.39, 0.29) is 36.7 Å². The highest BCUT2D eigenvalue weighted by Crippen LogP contribution is 2.45. The maximum Gasteiger partial charge on any atom is 0.266 e. The lowest BCUT2D eigenvalue weighted by atomic mass is 9.83. The van der Waals surface area contributed by atoms with Gasteiger partial charge in [-0.15, -0.1) is 0 Å². The fourth-order valence-corrected chi connectivity index (χ4v) is 5.13. The molecule has 0 saturated heterocycles. The maximum atomic E-state index is 14.3. The summed E-state index contributed by atoms with van der Waals surface area (Å²) in [4.78, 5) is 22.1. The number of benzene rings is 4. The number of hydrazine groups is 1. The van der Waals surface area contributed by atoms with Gasteiger partial charge in [-0.1, -0.05) is 71.9 Å². The van der Waals surface area contributed by atoms with E-state index in [1.165, 1.54) is 0 Å². The van der Waals surface area contributed by atoms with Gasteiger partial charge in [-0.2, -0.15) is 0 Å². The molecule has 1 heterocycles. The number of nitrogens with zero attached hydrogens (tertiary/aromatic N) is 4. The van der Waals surface area contributed by atoms with E-state index in [0.717, 1.165) is 23.8 Å². The Bertz CT molecular complexity index is 1780. The first-order valence-electron chi connectivity index (χ1n) is 14.9. The van der Waals surface area contributed by atoms with Crippen LogP contribution in [0.5, 0.6) is 5.75 Å². The number of carbonyl (C=O) groups excluding carboxylic acids is 1. The standard InChI is InChI=1S/C35H32F2N6O4/c36-27-20-25(21-28(37)22-27)23-39-42-34(45)35(17-6-10-24-8-2-1-3-9-24)32(30-11-4-5-12-31(30)41-43-38)47-33(40-35)26-13-15-29(16-14-26)46-19-7-18-44/h1-6,8-16,20-22,32,39,44H,7,17-19,23H2,(H,42,45)/b10-6+/t32-,35-/m0/s1. The summed E-state index contributed by atoms with van der Waals surface area (Å²) in [5.41, 5.74) is 15.5. The van der Waals surface area contributed by atoms with Crippen molar-refractivity contribution in [2.45, 2.75) is 31.0 Å². The minimum absolute atomic E-state index is 0.0122. The quantitative estimate of drug-likeness (QED) is 0.0456. The summed E-state index contributed by atoms with van der Waals surface area (Å²) >= 11 is 0. The van der Waals surface area contributed by atoms with Crippen LogP contribution in [0.3, 0.4) is 0 Å². The number of hydrogen-bond acceptors (Lipinski definition) is 7. The number of aliphatic imine (C=N–C) groups is 1. The number of amides is 1. The molecule has 4 aromatic carbocycles. The van der Waals surface area contributed by atoms with E-state index in [9.17, 15) is 19.1 Å². The van der Waals surface area contributed by atoms with Crippen LogP contribution in [-0.2, 0) is 16.1 Å². The number of aliphatic hydroxyl groups excluding tert-OH is 1. The van der Waals surface area contributed by atoms with Gasteiger partial charge >= 0.3 is 0 Å². The van der Waals surface area contributed by atoms with Crippen molar-refractivity contribution in [1.82, 2.24) is 10.9 Å². The predicted octanol–water partition coefficient (Wildman–Crippen LogP) is 6.85. The average molecular weight is 639 g/mol. The van der Waals surface area contributed by atoms with E-state index in [1.807, 2.05) is 42.5 Å². The van der Waals surface area contributed by atoms with Crippen LogP contribution in [0.15, 0.2) is 113 Å². The molecule has 3 N–H and O–H groups in total. The number of halogens is 2. The minimum Gasteiger partial charge on any atom is -0.494 e. The van der Waals surface area contributed by atoms with Gasteiger partial charge in [0.2, 0.25) is 5.90 Å². The lowest BCUT2D eigenvalue weighted by Gasteiger charge is -2.30. The van der Waals surface area contributed by atoms with E-state index in [1.54, 1.807) is 48.5 Å². The molecule has 0 saturated carbocycles. The summed E-state index contributed by atoms with van der Waals surface area (Å²) in [5.74, 6) is -1.32. The first-order chi connectivity index (χ1) is 22.9. The highest BCUT2D eigenvalue weighted by atomic mass is 19.1. The Kier molecular flexibility index (Phi) is 10.9. The number of rotatable bonds is 14. The van der Waals surface area contributed by atoms with Crippen LogP contribution in [0, 0.1) is 11.6 Å². The zero-order chi connectivity index (χ0) is 33.1. The zero-order valence-electron chi connectivity index (χ0n) is 25.2. The molecule has 0 spiro atoms. The normalized spacial score (nSPS) is 17.1. The molecule has 47 heavy (non-hydrogen) atoms. The number of nitrogens with one attached hydrogen (secondary N) is 2. The first-order valence-corrected chi connectivity index (χ1v) is 14.9. The van der Waals surface area contributed by atoms with Crippen LogP contribution < -0.4 is 15.6 Å². The number of ether oxygens (including phenoxy) is 2. The van der Waals surface area contributed by atoms with Gasteiger partial charge in [-0.05, 0) is 53.1 Å². The van der Waals surface area contributed by atoms with Crippen molar-refractivity contribution in [3.8, 4) is 5.75 Å². The van der Waals surface area contributed by atoms with Gasteiger partial charge in [0.1, 0.15) is 17.4 Å². The predicted molar refractivity (Wildman–Crippen MR) is 173 cm³/mol. The molecule has 5 rings (SSSR count). The summed E-state index contributed by atoms with van der Waals surface area (Å²) < 4.78 is 39.7. The van der Waals surface area contributed by atoms with Crippen molar-refractivity contribution in [3.63, 3.8) is 0 Å². The number of hydrogen-bond donors (Lipinski definition) is 3. The Labute approximate surface area is 270 Å². The van der Waals surface area contributed by atoms with Gasteiger partial charge in [0.05, 0.1) is 6.61 Å². The maximum absolute atomic E-state index is 14.3. The molecule has 240 valence electrons. The Morgan fingerprint density at radius 3 is 2.49 bits per heavy atom. The second-order valence-electron chi connectivity index (χ2n) is 10.6. The largest absolute Gasteiger partial charge is 0.494 e. The fourth-order valence-electron chi connectivity index (χ4n) is 5.13. The van der Waals surface area contributed by atoms with Crippen LogP contribution in [-0.4, -0.2) is 35.7 Å². The molecule has 0 unspecified atom stereocenters. The first kappa shape index (κ1) is 32.8. The Balaban J connectivity index is 1.54. The Hall–Kier alpha value is -5.55. The zero-order valence-corrected chi connectivity index (χ0v) is 25.2. The van der Waals surface area contributed by atoms with Crippen LogP contribution in [0.25, 0.3) is 16.5 Å². The number of aliphatic hydroxyl groups is 1. The smallest absolute Gasteiger partial charge is 0.266 e. The molecule has 2 atom stereocenters. The minimum atomic E-state index is -1.63. The second kappa shape index (κ2) is 15.6. The van der Waals surface area contributed by atoms with Gasteiger partial charge in [0, 0.05) is 53.8 Å². The molecule has 4 aromatic rings. The van der Waals surface area contributed by atoms with Gasteiger partial charge in [0.25, 0.3) is 5.91 Å². The molecule has 10 nitrogen and oxygen atoms in total. The van der Waals surface area contributed by atoms with Crippen LogP contribution in [0.2, 0.25) is 0 Å². The van der Waals surface area contributed by atoms with E-state index in [2.05, 4.69) is 20.9 Å². The van der Waals surface area contributed by atoms with Crippen molar-refractivity contribution < 1.29 is 28.2 Å². The molecule has 1 aliphatic rings. The summed E-state index contributed by atoms with van der Waals surface area (Å²) in [5, 5.41) is 12.9. The molecule has 12 heteroatoms.